The van der Waals surface area contributed by atoms with Gasteiger partial charge in [-0.25, -0.2) is 9.59 Å². The van der Waals surface area contributed by atoms with E-state index in [2.05, 4.69) is 16.0 Å². The van der Waals surface area contributed by atoms with Crippen LogP contribution in [0.15, 0.2) is 0 Å². The Bertz CT molecular complexity index is 988. The summed E-state index contributed by atoms with van der Waals surface area (Å²) in [6.07, 6.45) is 17.0. The number of carboxylic acid groups (broad SMARTS) is 2. The van der Waals surface area contributed by atoms with Crippen LogP contribution in [0.4, 0.5) is 4.79 Å². The van der Waals surface area contributed by atoms with Crippen LogP contribution in [0, 0.1) is 0 Å². The quantitative estimate of drug-likeness (QED) is 0.0634. The number of ketones is 1. The monoisotopic (exact) mass is 712 g/mol. The van der Waals surface area contributed by atoms with Gasteiger partial charge in [0.25, 0.3) is 0 Å². The van der Waals surface area contributed by atoms with Crippen LogP contribution >= 0.6 is 0 Å². The van der Waals surface area contributed by atoms with Gasteiger partial charge in [0.1, 0.15) is 12.6 Å². The van der Waals surface area contributed by atoms with Crippen molar-refractivity contribution >= 4 is 35.6 Å². The number of piperidine rings is 1. The molecule has 5 N–H and O–H groups in total. The Labute approximate surface area is 298 Å². The zero-order valence-electron chi connectivity index (χ0n) is 30.4. The Balaban J connectivity index is 2.06. The third-order valence-electron chi connectivity index (χ3n) is 8.72. The fourth-order valence-electron chi connectivity index (χ4n) is 5.82. The maximum atomic E-state index is 12.8. The molecule has 1 aliphatic rings. The van der Waals surface area contributed by atoms with Gasteiger partial charge in [-0.1, -0.05) is 77.0 Å². The van der Waals surface area contributed by atoms with E-state index in [-0.39, 0.29) is 62.0 Å². The fourth-order valence-corrected chi connectivity index (χ4v) is 5.82. The number of rotatable bonds is 31. The van der Waals surface area contributed by atoms with Crippen molar-refractivity contribution in [3.8, 4) is 0 Å². The van der Waals surface area contributed by atoms with Crippen LogP contribution in [0.2, 0.25) is 0 Å². The molecule has 14 nitrogen and oxygen atoms in total. The summed E-state index contributed by atoms with van der Waals surface area (Å²) in [5, 5.41) is 26.4. The minimum absolute atomic E-state index is 0.0181. The van der Waals surface area contributed by atoms with E-state index in [4.69, 9.17) is 14.6 Å². The molecular weight excluding hydrogens is 648 g/mol. The molecule has 0 aromatic heterocycles. The molecule has 50 heavy (non-hydrogen) atoms. The highest BCUT2D eigenvalue weighted by atomic mass is 16.5. The molecule has 288 valence electrons. The Morgan fingerprint density at radius 1 is 0.700 bits per heavy atom. The van der Waals surface area contributed by atoms with Crippen LogP contribution in [0.5, 0.6) is 0 Å². The number of nitrogens with one attached hydrogen (secondary N) is 3. The summed E-state index contributed by atoms with van der Waals surface area (Å²) < 4.78 is 10.4. The molecule has 1 rings (SSSR count). The van der Waals surface area contributed by atoms with Crippen molar-refractivity contribution in [1.29, 1.82) is 0 Å². The Hall–Kier alpha value is -3.26. The van der Waals surface area contributed by atoms with Crippen LogP contribution in [-0.2, 0) is 33.4 Å². The van der Waals surface area contributed by atoms with Crippen molar-refractivity contribution in [2.75, 3.05) is 46.1 Å². The van der Waals surface area contributed by atoms with Gasteiger partial charge in [-0.2, -0.15) is 0 Å². The van der Waals surface area contributed by atoms with Crippen LogP contribution in [-0.4, -0.2) is 109 Å². The van der Waals surface area contributed by atoms with Gasteiger partial charge in [-0.3, -0.25) is 19.2 Å². The second-order valence-electron chi connectivity index (χ2n) is 13.3. The molecule has 1 aliphatic heterocycles. The number of aliphatic carboxylic acids is 2. The molecule has 1 fully saturated rings. The van der Waals surface area contributed by atoms with E-state index in [0.717, 1.165) is 38.5 Å². The maximum Gasteiger partial charge on any atom is 0.326 e. The zero-order valence-corrected chi connectivity index (χ0v) is 30.4. The second-order valence-corrected chi connectivity index (χ2v) is 13.3. The first-order valence-corrected chi connectivity index (χ1v) is 18.8. The molecule has 1 heterocycles. The van der Waals surface area contributed by atoms with Crippen LogP contribution in [0.1, 0.15) is 135 Å². The van der Waals surface area contributed by atoms with E-state index in [1.54, 1.807) is 4.90 Å². The number of hydrogen-bond donors (Lipinski definition) is 5. The number of ether oxygens (including phenoxy) is 2. The third kappa shape index (κ3) is 25.7. The predicted octanol–water partition coefficient (Wildman–Crippen LogP) is 4.57. The number of urea groups is 1. The van der Waals surface area contributed by atoms with E-state index in [0.29, 0.717) is 58.7 Å². The molecule has 1 saturated heterocycles. The molecule has 0 aromatic rings. The topological polar surface area (TPSA) is 201 Å². The van der Waals surface area contributed by atoms with Crippen molar-refractivity contribution in [1.82, 2.24) is 20.9 Å². The number of hydrogen-bond acceptors (Lipinski definition) is 8. The predicted molar refractivity (Wildman–Crippen MR) is 189 cm³/mol. The lowest BCUT2D eigenvalue weighted by atomic mass is 10.0. The fraction of sp³-hybridized carbons (Fsp3) is 0.833. The molecule has 0 aliphatic carbocycles. The first kappa shape index (κ1) is 44.8. The van der Waals surface area contributed by atoms with Crippen LogP contribution in [0.3, 0.4) is 0 Å². The first-order valence-electron chi connectivity index (χ1n) is 18.8. The van der Waals surface area contributed by atoms with Crippen molar-refractivity contribution < 1.29 is 48.5 Å². The number of carbonyl (C=O) groups excluding carboxylic acids is 4. The van der Waals surface area contributed by atoms with Crippen molar-refractivity contribution in [2.24, 2.45) is 0 Å². The highest BCUT2D eigenvalue weighted by Crippen LogP contribution is 2.15. The zero-order chi connectivity index (χ0) is 36.8. The van der Waals surface area contributed by atoms with E-state index in [9.17, 15) is 33.9 Å². The molecule has 0 saturated carbocycles. The van der Waals surface area contributed by atoms with Crippen LogP contribution in [0.25, 0.3) is 0 Å². The number of nitrogens with zero attached hydrogens (tertiary/aromatic N) is 1. The number of Topliss-reactive ketones (excluding diaryl/α,β-unsaturated/α-hetero) is 1. The van der Waals surface area contributed by atoms with Gasteiger partial charge in [0.2, 0.25) is 11.8 Å². The second kappa shape index (κ2) is 29.5. The minimum Gasteiger partial charge on any atom is -0.481 e. The largest absolute Gasteiger partial charge is 0.481 e. The Morgan fingerprint density at radius 3 is 1.74 bits per heavy atom. The number of likely N-dealkylation sites (tertiary alicyclic amines) is 1. The van der Waals surface area contributed by atoms with Gasteiger partial charge in [-0.05, 0) is 39.0 Å². The molecule has 4 amide bonds. The van der Waals surface area contributed by atoms with E-state index < -0.39 is 18.0 Å². The lowest BCUT2D eigenvalue weighted by molar-refractivity contribution is -0.142. The summed E-state index contributed by atoms with van der Waals surface area (Å²) in [6, 6.07) is -1.50. The molecule has 14 heteroatoms. The third-order valence-corrected chi connectivity index (χ3v) is 8.72. The molecule has 0 radical (unpaired) electrons. The standard InChI is InChI=1S/C36H64N4O10/c1-29(41)28-50-27-26-49-25-22-37-36(48)38-30-20-23-40(24-21-30)33(43)19-18-31(35(46)47)39-32(42)16-14-12-10-8-6-4-2-3-5-7-9-11-13-15-17-34(44)45/h30-31H,2-28H2,1H3,(H,39,42)(H,44,45)(H,46,47)(H2,37,38,48)/t31-/m0/s1. The summed E-state index contributed by atoms with van der Waals surface area (Å²) in [6.45, 7) is 3.68. The van der Waals surface area contributed by atoms with Gasteiger partial charge in [-0.15, -0.1) is 0 Å². The number of unbranched alkanes of at least 4 members (excludes halogenated alkanes) is 13. The number of carbonyl (C=O) groups is 6. The van der Waals surface area contributed by atoms with Crippen molar-refractivity contribution in [3.05, 3.63) is 0 Å². The normalized spacial score (nSPS) is 13.8. The van der Waals surface area contributed by atoms with Gasteiger partial charge in [0, 0.05) is 44.9 Å². The maximum absolute atomic E-state index is 12.8. The Morgan fingerprint density at radius 2 is 1.22 bits per heavy atom. The minimum atomic E-state index is -1.15. The summed E-state index contributed by atoms with van der Waals surface area (Å²) in [5.74, 6) is -2.38. The van der Waals surface area contributed by atoms with Crippen molar-refractivity contribution in [3.63, 3.8) is 0 Å². The number of amides is 4. The van der Waals surface area contributed by atoms with Crippen molar-refractivity contribution in [2.45, 2.75) is 147 Å². The van der Waals surface area contributed by atoms with Crippen LogP contribution < -0.4 is 16.0 Å². The SMILES string of the molecule is CC(=O)COCCOCCNC(=O)NC1CCN(C(=O)CC[C@H](NC(=O)CCCCCCCCCCCCCCCCC(=O)O)C(=O)O)CC1. The molecule has 0 spiro atoms. The first-order chi connectivity index (χ1) is 24.1. The summed E-state index contributed by atoms with van der Waals surface area (Å²) in [7, 11) is 0. The highest BCUT2D eigenvalue weighted by Gasteiger charge is 2.26. The summed E-state index contributed by atoms with van der Waals surface area (Å²) >= 11 is 0. The molecule has 1 atom stereocenters. The van der Waals surface area contributed by atoms with E-state index >= 15 is 0 Å². The smallest absolute Gasteiger partial charge is 0.326 e. The van der Waals surface area contributed by atoms with Gasteiger partial charge >= 0.3 is 18.0 Å². The average molecular weight is 713 g/mol. The molecule has 0 unspecified atom stereocenters. The van der Waals surface area contributed by atoms with Gasteiger partial charge in [0.05, 0.1) is 19.8 Å². The molecule has 0 bridgehead atoms. The average Bonchev–Trinajstić information content (AvgIpc) is 3.07. The lowest BCUT2D eigenvalue weighted by Crippen LogP contribution is -2.49. The van der Waals surface area contributed by atoms with Gasteiger partial charge in [0.15, 0.2) is 5.78 Å². The molecule has 0 aromatic carbocycles. The lowest BCUT2D eigenvalue weighted by Gasteiger charge is -2.32. The Kier molecular flexibility index (Phi) is 26.4. The highest BCUT2D eigenvalue weighted by molar-refractivity contribution is 5.84. The van der Waals surface area contributed by atoms with Gasteiger partial charge < -0.3 is 40.5 Å². The van der Waals surface area contributed by atoms with E-state index in [1.807, 2.05) is 0 Å². The van der Waals surface area contributed by atoms with E-state index in [1.165, 1.54) is 51.9 Å². The summed E-state index contributed by atoms with van der Waals surface area (Å²) in [5.41, 5.74) is 0. The summed E-state index contributed by atoms with van der Waals surface area (Å²) in [4.78, 5) is 72.0. The molecular formula is C36H64N4O10. The number of carboxylic acids is 2.